The zero-order chi connectivity index (χ0) is 11.5. The number of aromatic nitrogens is 3. The lowest BCUT2D eigenvalue weighted by Gasteiger charge is -2.05. The van der Waals surface area contributed by atoms with Gasteiger partial charge >= 0.3 is 0 Å². The molecule has 2 heterocycles. The van der Waals surface area contributed by atoms with E-state index in [9.17, 15) is 0 Å². The second-order valence-corrected chi connectivity index (χ2v) is 4.20. The molecule has 0 aromatic carbocycles. The molecular weight excluding hydrogens is 321 g/mol. The molecule has 2 aromatic heterocycles. The maximum Gasteiger partial charge on any atom is 0.234 e. The normalized spacial score (nSPS) is 11.7. The summed E-state index contributed by atoms with van der Waals surface area (Å²) in [4.78, 5) is 8.30. The fourth-order valence-electron chi connectivity index (χ4n) is 1.25. The van der Waals surface area contributed by atoms with Crippen molar-refractivity contribution >= 4 is 28.4 Å². The molecule has 0 radical (unpaired) electrons. The molecule has 0 fully saturated rings. The Kier molecular flexibility index (Phi) is 3.04. The number of oxime groups is 1. The Morgan fingerprint density at radius 1 is 1.44 bits per heavy atom. The van der Waals surface area contributed by atoms with Crippen LogP contribution in [0.4, 0.5) is 0 Å². The largest absolute Gasteiger partial charge is 0.409 e. The molecule has 0 saturated heterocycles. The van der Waals surface area contributed by atoms with Crippen LogP contribution >= 0.6 is 22.6 Å². The zero-order valence-corrected chi connectivity index (χ0v) is 10.2. The summed E-state index contributed by atoms with van der Waals surface area (Å²) < 4.78 is 2.59. The molecule has 2 aromatic rings. The lowest BCUT2D eigenvalue weighted by Crippen LogP contribution is -2.18. The third-order valence-electron chi connectivity index (χ3n) is 1.94. The summed E-state index contributed by atoms with van der Waals surface area (Å²) in [6.45, 7) is 0. The van der Waals surface area contributed by atoms with Crippen LogP contribution in [0.3, 0.4) is 0 Å². The highest BCUT2D eigenvalue weighted by atomic mass is 127. The maximum absolute atomic E-state index is 8.63. The average molecular weight is 329 g/mol. The van der Waals surface area contributed by atoms with Gasteiger partial charge in [-0.05, 0) is 34.7 Å². The Bertz CT molecular complexity index is 519. The highest BCUT2D eigenvalue weighted by molar-refractivity contribution is 14.1. The van der Waals surface area contributed by atoms with Crippen LogP contribution in [0.2, 0.25) is 0 Å². The van der Waals surface area contributed by atoms with Crippen LogP contribution in [0, 0.1) is 3.57 Å². The van der Waals surface area contributed by atoms with Crippen molar-refractivity contribution < 1.29 is 5.21 Å². The van der Waals surface area contributed by atoms with E-state index < -0.39 is 0 Å². The van der Waals surface area contributed by atoms with Crippen LogP contribution < -0.4 is 5.73 Å². The van der Waals surface area contributed by atoms with Crippen molar-refractivity contribution in [1.82, 2.24) is 14.5 Å². The van der Waals surface area contributed by atoms with Crippen LogP contribution in [-0.2, 0) is 0 Å². The van der Waals surface area contributed by atoms with Gasteiger partial charge in [0.15, 0.2) is 5.84 Å². The van der Waals surface area contributed by atoms with Crippen molar-refractivity contribution in [2.24, 2.45) is 10.9 Å². The van der Waals surface area contributed by atoms with E-state index in [1.54, 1.807) is 35.3 Å². The van der Waals surface area contributed by atoms with Crippen molar-refractivity contribution in [1.29, 1.82) is 0 Å². The van der Waals surface area contributed by atoms with E-state index in [1.165, 1.54) is 0 Å². The van der Waals surface area contributed by atoms with Gasteiger partial charge in [0.25, 0.3) is 0 Å². The molecule has 0 atom stereocenters. The summed E-state index contributed by atoms with van der Waals surface area (Å²) in [7, 11) is 0. The topological polar surface area (TPSA) is 89.3 Å². The van der Waals surface area contributed by atoms with Crippen molar-refractivity contribution in [2.45, 2.75) is 0 Å². The molecule has 2 rings (SSSR count). The van der Waals surface area contributed by atoms with Crippen LogP contribution in [0.25, 0.3) is 5.95 Å². The Morgan fingerprint density at radius 3 is 2.75 bits per heavy atom. The second-order valence-electron chi connectivity index (χ2n) is 2.95. The first-order valence-corrected chi connectivity index (χ1v) is 5.43. The minimum absolute atomic E-state index is 0.0205. The monoisotopic (exact) mass is 329 g/mol. The first-order chi connectivity index (χ1) is 7.72. The smallest absolute Gasteiger partial charge is 0.234 e. The quantitative estimate of drug-likeness (QED) is 0.282. The van der Waals surface area contributed by atoms with E-state index in [-0.39, 0.29) is 5.84 Å². The minimum Gasteiger partial charge on any atom is -0.409 e. The van der Waals surface area contributed by atoms with Gasteiger partial charge in [-0.15, -0.1) is 0 Å². The van der Waals surface area contributed by atoms with Gasteiger partial charge in [-0.2, -0.15) is 0 Å². The SMILES string of the molecule is N/C(=N/O)c1cccn1-c1ncc(I)cn1. The van der Waals surface area contributed by atoms with Gasteiger partial charge < -0.3 is 10.9 Å². The van der Waals surface area contributed by atoms with Gasteiger partial charge in [0.05, 0.1) is 5.69 Å². The average Bonchev–Trinajstić information content (AvgIpc) is 2.78. The molecule has 0 spiro atoms. The standard InChI is InChI=1S/C9H8IN5O/c10-6-4-12-9(13-5-6)15-3-1-2-7(15)8(11)14-16/h1-5,16H,(H2,11,14). The number of amidine groups is 1. The number of nitrogens with two attached hydrogens (primary N) is 1. The van der Waals surface area contributed by atoms with E-state index in [0.717, 1.165) is 3.57 Å². The molecule has 0 aliphatic heterocycles. The summed E-state index contributed by atoms with van der Waals surface area (Å²) in [6, 6.07) is 3.49. The van der Waals surface area contributed by atoms with E-state index in [0.29, 0.717) is 11.6 Å². The van der Waals surface area contributed by atoms with Crippen molar-refractivity contribution in [3.8, 4) is 5.95 Å². The molecular formula is C9H8IN5O. The zero-order valence-electron chi connectivity index (χ0n) is 8.08. The molecule has 0 aliphatic carbocycles. The van der Waals surface area contributed by atoms with Gasteiger partial charge in [-0.25, -0.2) is 9.97 Å². The lowest BCUT2D eigenvalue weighted by molar-refractivity contribution is 0.318. The van der Waals surface area contributed by atoms with Crippen molar-refractivity contribution in [3.05, 3.63) is 40.0 Å². The Hall–Kier alpha value is -1.64. The van der Waals surface area contributed by atoms with Gasteiger partial charge in [-0.1, -0.05) is 5.16 Å². The fraction of sp³-hybridized carbons (Fsp3) is 0. The molecule has 0 unspecified atom stereocenters. The molecule has 0 saturated carbocycles. The second kappa shape index (κ2) is 4.47. The molecule has 0 amide bonds. The number of hydrogen-bond acceptors (Lipinski definition) is 4. The lowest BCUT2D eigenvalue weighted by atomic mass is 10.4. The Morgan fingerprint density at radius 2 is 2.12 bits per heavy atom. The van der Waals surface area contributed by atoms with Crippen molar-refractivity contribution in [3.63, 3.8) is 0 Å². The minimum atomic E-state index is 0.0205. The first kappa shape index (κ1) is 10.9. The summed E-state index contributed by atoms with van der Waals surface area (Å²) in [5, 5.41) is 11.6. The molecule has 6 nitrogen and oxygen atoms in total. The van der Waals surface area contributed by atoms with Crippen LogP contribution in [0.5, 0.6) is 0 Å². The predicted octanol–water partition coefficient (Wildman–Crippen LogP) is 0.966. The molecule has 0 bridgehead atoms. The number of rotatable bonds is 2. The first-order valence-electron chi connectivity index (χ1n) is 4.35. The van der Waals surface area contributed by atoms with Gasteiger partial charge in [0.1, 0.15) is 0 Å². The Labute approximate surface area is 105 Å². The van der Waals surface area contributed by atoms with Crippen molar-refractivity contribution in [2.75, 3.05) is 0 Å². The molecule has 7 heteroatoms. The Balaban J connectivity index is 2.49. The predicted molar refractivity (Wildman–Crippen MR) is 66.6 cm³/mol. The molecule has 0 aliphatic rings. The third kappa shape index (κ3) is 1.98. The van der Waals surface area contributed by atoms with Crippen LogP contribution in [-0.4, -0.2) is 25.6 Å². The third-order valence-corrected chi connectivity index (χ3v) is 2.50. The highest BCUT2D eigenvalue weighted by Crippen LogP contribution is 2.09. The van der Waals surface area contributed by atoms with E-state index >= 15 is 0 Å². The van der Waals surface area contributed by atoms with E-state index in [2.05, 4.69) is 37.7 Å². The number of halogens is 1. The summed E-state index contributed by atoms with van der Waals surface area (Å²) in [6.07, 6.45) is 5.13. The highest BCUT2D eigenvalue weighted by Gasteiger charge is 2.08. The summed E-state index contributed by atoms with van der Waals surface area (Å²) in [5.41, 5.74) is 6.07. The number of nitrogens with zero attached hydrogens (tertiary/aromatic N) is 4. The summed E-state index contributed by atoms with van der Waals surface area (Å²) in [5.74, 6) is 0.499. The number of hydrogen-bond donors (Lipinski definition) is 2. The van der Waals surface area contributed by atoms with Gasteiger partial charge in [0.2, 0.25) is 5.95 Å². The van der Waals surface area contributed by atoms with Crippen LogP contribution in [0.15, 0.2) is 35.9 Å². The summed E-state index contributed by atoms with van der Waals surface area (Å²) >= 11 is 2.12. The molecule has 3 N–H and O–H groups in total. The molecule has 82 valence electrons. The van der Waals surface area contributed by atoms with E-state index in [1.807, 2.05) is 0 Å². The van der Waals surface area contributed by atoms with Crippen LogP contribution in [0.1, 0.15) is 5.69 Å². The van der Waals surface area contributed by atoms with Gasteiger partial charge in [0, 0.05) is 22.2 Å². The fourth-order valence-corrected chi connectivity index (χ4v) is 1.52. The van der Waals surface area contributed by atoms with Gasteiger partial charge in [-0.3, -0.25) is 4.57 Å². The maximum atomic E-state index is 8.63. The van der Waals surface area contributed by atoms with E-state index in [4.69, 9.17) is 10.9 Å². The molecule has 16 heavy (non-hydrogen) atoms.